The van der Waals surface area contributed by atoms with Crippen LogP contribution in [0, 0.1) is 5.92 Å². The highest BCUT2D eigenvalue weighted by Crippen LogP contribution is 2.45. The fourth-order valence-electron chi connectivity index (χ4n) is 3.36. The van der Waals surface area contributed by atoms with Gasteiger partial charge in [-0.3, -0.25) is 0 Å². The molecule has 1 saturated carbocycles. The summed E-state index contributed by atoms with van der Waals surface area (Å²) in [6.45, 7) is 0.967. The fourth-order valence-corrected chi connectivity index (χ4v) is 3.59. The van der Waals surface area contributed by atoms with Crippen LogP contribution in [0.5, 0.6) is 0 Å². The first kappa shape index (κ1) is 9.06. The van der Waals surface area contributed by atoms with Gasteiger partial charge in [0.15, 0.2) is 0 Å². The van der Waals surface area contributed by atoms with Gasteiger partial charge in [-0.05, 0) is 31.4 Å². The van der Waals surface area contributed by atoms with Gasteiger partial charge < -0.3 is 4.90 Å². The van der Waals surface area contributed by atoms with Crippen LogP contribution in [0.25, 0.3) is 0 Å². The second-order valence-electron chi connectivity index (χ2n) is 5.00. The van der Waals surface area contributed by atoms with E-state index in [1.54, 1.807) is 0 Å². The predicted molar refractivity (Wildman–Crippen MR) is 65.2 cm³/mol. The summed E-state index contributed by atoms with van der Waals surface area (Å²) in [5.41, 5.74) is 2.30. The van der Waals surface area contributed by atoms with Crippen molar-refractivity contribution in [2.45, 2.75) is 31.8 Å². The average molecular weight is 233 g/mol. The van der Waals surface area contributed by atoms with Crippen LogP contribution in [0.3, 0.4) is 0 Å². The first-order valence-corrected chi connectivity index (χ1v) is 6.33. The molecule has 0 radical (unpaired) electrons. The summed E-state index contributed by atoms with van der Waals surface area (Å²) >= 11 is 6.24. The van der Waals surface area contributed by atoms with Crippen molar-refractivity contribution in [3.05, 3.63) is 28.8 Å². The highest BCUT2D eigenvalue weighted by molar-refractivity contribution is 6.31. The molecule has 1 aromatic carbocycles. The van der Waals surface area contributed by atoms with Crippen LogP contribution in [-0.4, -0.2) is 16.8 Å². The molecular weight excluding hydrogens is 220 g/mol. The minimum atomic E-state index is 0.720. The van der Waals surface area contributed by atoms with Gasteiger partial charge in [0.1, 0.15) is 5.84 Å². The van der Waals surface area contributed by atoms with Gasteiger partial charge >= 0.3 is 0 Å². The number of piperidine rings is 1. The Balaban J connectivity index is 1.87. The second kappa shape index (κ2) is 3.01. The second-order valence-corrected chi connectivity index (χ2v) is 5.41. The fraction of sp³-hybridized carbons (Fsp3) is 0.462. The number of rotatable bonds is 0. The number of hydrogen-bond donors (Lipinski definition) is 0. The Bertz CT molecular complexity index is 495. The Morgan fingerprint density at radius 2 is 2.25 bits per heavy atom. The summed E-state index contributed by atoms with van der Waals surface area (Å²) in [5.74, 6) is 2.04. The Kier molecular flexibility index (Phi) is 1.70. The highest BCUT2D eigenvalue weighted by atomic mass is 35.5. The molecule has 0 N–H and O–H groups in total. The van der Waals surface area contributed by atoms with Crippen molar-refractivity contribution in [1.29, 1.82) is 0 Å². The van der Waals surface area contributed by atoms with Gasteiger partial charge in [-0.2, -0.15) is 0 Å². The van der Waals surface area contributed by atoms with Gasteiger partial charge in [0, 0.05) is 29.1 Å². The van der Waals surface area contributed by atoms with Crippen LogP contribution in [0.1, 0.15) is 24.8 Å². The summed E-state index contributed by atoms with van der Waals surface area (Å²) in [4.78, 5) is 7.28. The lowest BCUT2D eigenvalue weighted by Crippen LogP contribution is -2.38. The molecule has 3 aliphatic rings. The van der Waals surface area contributed by atoms with Crippen molar-refractivity contribution >= 4 is 23.1 Å². The van der Waals surface area contributed by atoms with Gasteiger partial charge in [-0.25, -0.2) is 4.99 Å². The van der Waals surface area contributed by atoms with Gasteiger partial charge in [0.05, 0.1) is 5.69 Å². The van der Waals surface area contributed by atoms with Crippen LogP contribution < -0.4 is 0 Å². The predicted octanol–water partition coefficient (Wildman–Crippen LogP) is 3.37. The lowest BCUT2D eigenvalue weighted by molar-refractivity contribution is 0.317. The molecule has 2 nitrogen and oxygen atoms in total. The molecule has 0 spiro atoms. The van der Waals surface area contributed by atoms with Crippen molar-refractivity contribution in [2.75, 3.05) is 0 Å². The largest absolute Gasteiger partial charge is 0.352 e. The lowest BCUT2D eigenvalue weighted by atomic mass is 10.0. The smallest absolute Gasteiger partial charge is 0.109 e. The maximum atomic E-state index is 6.24. The van der Waals surface area contributed by atoms with Crippen molar-refractivity contribution in [3.8, 4) is 0 Å². The van der Waals surface area contributed by atoms with Crippen LogP contribution in [0.15, 0.2) is 23.2 Å². The molecule has 82 valence electrons. The lowest BCUT2D eigenvalue weighted by Gasteiger charge is -2.34. The van der Waals surface area contributed by atoms with Gasteiger partial charge in [-0.15, -0.1) is 0 Å². The van der Waals surface area contributed by atoms with E-state index in [-0.39, 0.29) is 0 Å². The van der Waals surface area contributed by atoms with E-state index in [1.807, 2.05) is 12.1 Å². The maximum Gasteiger partial charge on any atom is 0.109 e. The average Bonchev–Trinajstić information content (AvgIpc) is 2.88. The minimum absolute atomic E-state index is 0.720. The van der Waals surface area contributed by atoms with Crippen LogP contribution in [0.4, 0.5) is 5.69 Å². The third-order valence-corrected chi connectivity index (χ3v) is 4.52. The van der Waals surface area contributed by atoms with Crippen molar-refractivity contribution < 1.29 is 0 Å². The van der Waals surface area contributed by atoms with E-state index in [1.165, 1.54) is 30.7 Å². The van der Waals surface area contributed by atoms with Crippen LogP contribution >= 0.6 is 11.6 Å². The van der Waals surface area contributed by atoms with Crippen molar-refractivity contribution in [3.63, 3.8) is 0 Å². The summed E-state index contributed by atoms with van der Waals surface area (Å²) in [5, 5.41) is 0.864. The Labute approximate surface area is 99.9 Å². The zero-order chi connectivity index (χ0) is 10.7. The molecule has 2 heterocycles. The number of nitrogens with zero attached hydrogens (tertiary/aromatic N) is 2. The number of fused-ring (bicyclic) bond motifs is 6. The van der Waals surface area contributed by atoms with E-state index in [2.05, 4.69) is 11.0 Å². The number of halogens is 1. The molecule has 1 aromatic rings. The SMILES string of the molecule is Clc1cccc2c1CN1C(=N2)C2CCC1C2. The summed E-state index contributed by atoms with van der Waals surface area (Å²) in [6, 6.07) is 6.77. The van der Waals surface area contributed by atoms with Gasteiger partial charge in [-0.1, -0.05) is 17.7 Å². The van der Waals surface area contributed by atoms with E-state index < -0.39 is 0 Å². The molecule has 0 amide bonds. The van der Waals surface area contributed by atoms with E-state index in [4.69, 9.17) is 16.6 Å². The van der Waals surface area contributed by atoms with E-state index in [0.717, 1.165) is 29.2 Å². The van der Waals surface area contributed by atoms with Crippen LogP contribution in [0.2, 0.25) is 5.02 Å². The van der Waals surface area contributed by atoms with E-state index >= 15 is 0 Å². The molecule has 2 fully saturated rings. The highest BCUT2D eigenvalue weighted by Gasteiger charge is 2.44. The van der Waals surface area contributed by atoms with Gasteiger partial charge in [0.2, 0.25) is 0 Å². The number of hydrogen-bond acceptors (Lipinski definition) is 2. The number of aliphatic imine (C=N–C) groups is 1. The van der Waals surface area contributed by atoms with Gasteiger partial charge in [0.25, 0.3) is 0 Å². The zero-order valence-corrected chi connectivity index (χ0v) is 9.74. The van der Waals surface area contributed by atoms with Crippen molar-refractivity contribution in [2.24, 2.45) is 10.9 Å². The molecule has 3 heteroatoms. The Hall–Kier alpha value is -1.02. The molecule has 2 aliphatic heterocycles. The molecule has 2 bridgehead atoms. The third-order valence-electron chi connectivity index (χ3n) is 4.16. The standard InChI is InChI=1S/C13H13ClN2/c14-11-2-1-3-12-10(11)7-16-9-5-4-8(6-9)13(16)15-12/h1-3,8-9H,4-7H2. The first-order valence-electron chi connectivity index (χ1n) is 5.95. The molecule has 0 aromatic heterocycles. The Morgan fingerprint density at radius 1 is 1.31 bits per heavy atom. The molecule has 1 saturated heterocycles. The topological polar surface area (TPSA) is 15.6 Å². The molecule has 2 atom stereocenters. The monoisotopic (exact) mass is 232 g/mol. The molecule has 1 aliphatic carbocycles. The molecule has 16 heavy (non-hydrogen) atoms. The quantitative estimate of drug-likeness (QED) is 0.670. The van der Waals surface area contributed by atoms with E-state index in [9.17, 15) is 0 Å². The van der Waals surface area contributed by atoms with E-state index in [0.29, 0.717) is 0 Å². The number of benzene rings is 1. The first-order chi connectivity index (χ1) is 7.83. The third kappa shape index (κ3) is 1.06. The Morgan fingerprint density at radius 3 is 3.19 bits per heavy atom. The maximum absolute atomic E-state index is 6.24. The van der Waals surface area contributed by atoms with Crippen molar-refractivity contribution in [1.82, 2.24) is 4.90 Å². The minimum Gasteiger partial charge on any atom is -0.352 e. The zero-order valence-electron chi connectivity index (χ0n) is 8.99. The summed E-state index contributed by atoms with van der Waals surface area (Å²) in [6.07, 6.45) is 3.98. The summed E-state index contributed by atoms with van der Waals surface area (Å²) in [7, 11) is 0. The number of amidine groups is 1. The molecular formula is C13H13ClN2. The van der Waals surface area contributed by atoms with Crippen LogP contribution in [-0.2, 0) is 6.54 Å². The molecule has 4 rings (SSSR count). The normalized spacial score (nSPS) is 30.1. The molecule has 2 unspecified atom stereocenters. The summed E-state index contributed by atoms with van der Waals surface area (Å²) < 4.78 is 0.